The summed E-state index contributed by atoms with van der Waals surface area (Å²) in [6.45, 7) is 3.61. The van der Waals surface area contributed by atoms with Crippen molar-refractivity contribution in [2.45, 2.75) is 38.2 Å². The minimum absolute atomic E-state index is 0. The first-order valence-electron chi connectivity index (χ1n) is 9.18. The Kier molecular flexibility index (Phi) is 6.33. The van der Waals surface area contributed by atoms with E-state index in [0.29, 0.717) is 18.7 Å². The summed E-state index contributed by atoms with van der Waals surface area (Å²) in [6, 6.07) is 5.03. The zero-order valence-corrected chi connectivity index (χ0v) is 16.3. The van der Waals surface area contributed by atoms with Gasteiger partial charge < -0.3 is 19.5 Å². The predicted octanol–water partition coefficient (Wildman–Crippen LogP) is 2.72. The molecular formula is C18H21ClF3N5O2. The molecule has 0 aliphatic carbocycles. The first-order valence-corrected chi connectivity index (χ1v) is 9.18. The van der Waals surface area contributed by atoms with Gasteiger partial charge in [0.15, 0.2) is 0 Å². The molecule has 1 amide bonds. The van der Waals surface area contributed by atoms with E-state index in [4.69, 9.17) is 0 Å². The van der Waals surface area contributed by atoms with E-state index in [1.807, 2.05) is 0 Å². The molecule has 11 heteroatoms. The SMILES string of the molecule is Cl.O=C(c1ccc(OC(F)(F)F)cc1)N1CCC(c2nnc3n2CCNC3)CC1. The number of hydrogen-bond acceptors (Lipinski definition) is 5. The van der Waals surface area contributed by atoms with Gasteiger partial charge in [-0.15, -0.1) is 35.8 Å². The monoisotopic (exact) mass is 431 g/mol. The predicted molar refractivity (Wildman–Crippen MR) is 100.0 cm³/mol. The number of halogens is 4. The van der Waals surface area contributed by atoms with Crippen LogP contribution in [-0.2, 0) is 13.1 Å². The fourth-order valence-corrected chi connectivity index (χ4v) is 3.74. The Balaban J connectivity index is 0.00000240. The van der Waals surface area contributed by atoms with Crippen LogP contribution in [0.25, 0.3) is 0 Å². The van der Waals surface area contributed by atoms with Crippen molar-refractivity contribution in [1.29, 1.82) is 0 Å². The molecule has 0 radical (unpaired) electrons. The van der Waals surface area contributed by atoms with Crippen LogP contribution in [0.2, 0.25) is 0 Å². The minimum atomic E-state index is -4.75. The van der Waals surface area contributed by atoms with Crippen molar-refractivity contribution in [1.82, 2.24) is 25.0 Å². The number of hydrogen-bond donors (Lipinski definition) is 1. The van der Waals surface area contributed by atoms with Gasteiger partial charge >= 0.3 is 6.36 Å². The van der Waals surface area contributed by atoms with E-state index >= 15 is 0 Å². The van der Waals surface area contributed by atoms with E-state index < -0.39 is 6.36 Å². The van der Waals surface area contributed by atoms with Gasteiger partial charge in [0.2, 0.25) is 0 Å². The number of piperidine rings is 1. The highest BCUT2D eigenvalue weighted by molar-refractivity contribution is 5.94. The molecule has 4 rings (SSSR count). The van der Waals surface area contributed by atoms with Crippen molar-refractivity contribution in [2.75, 3.05) is 19.6 Å². The lowest BCUT2D eigenvalue weighted by molar-refractivity contribution is -0.274. The Hall–Kier alpha value is -2.33. The second-order valence-corrected chi connectivity index (χ2v) is 6.94. The molecule has 1 N–H and O–H groups in total. The number of nitrogens with one attached hydrogen (secondary N) is 1. The zero-order chi connectivity index (χ0) is 19.7. The summed E-state index contributed by atoms with van der Waals surface area (Å²) in [7, 11) is 0. The maximum absolute atomic E-state index is 12.6. The summed E-state index contributed by atoms with van der Waals surface area (Å²) in [6.07, 6.45) is -3.18. The molecule has 1 aromatic heterocycles. The number of ether oxygens (including phenoxy) is 1. The number of carbonyl (C=O) groups is 1. The van der Waals surface area contributed by atoms with Crippen LogP contribution in [0.5, 0.6) is 5.75 Å². The quantitative estimate of drug-likeness (QED) is 0.809. The Morgan fingerprint density at radius 3 is 2.45 bits per heavy atom. The fourth-order valence-electron chi connectivity index (χ4n) is 3.74. The lowest BCUT2D eigenvalue weighted by Crippen LogP contribution is -2.38. The molecule has 7 nitrogen and oxygen atoms in total. The Morgan fingerprint density at radius 1 is 1.10 bits per heavy atom. The maximum Gasteiger partial charge on any atom is 0.573 e. The second kappa shape index (κ2) is 8.58. The van der Waals surface area contributed by atoms with Gasteiger partial charge in [-0.25, -0.2) is 0 Å². The Morgan fingerprint density at radius 2 is 1.79 bits per heavy atom. The van der Waals surface area contributed by atoms with E-state index in [-0.39, 0.29) is 30.0 Å². The molecule has 29 heavy (non-hydrogen) atoms. The van der Waals surface area contributed by atoms with Crippen LogP contribution in [0.3, 0.4) is 0 Å². The number of rotatable bonds is 3. The lowest BCUT2D eigenvalue weighted by Gasteiger charge is -2.32. The maximum atomic E-state index is 12.6. The third-order valence-corrected chi connectivity index (χ3v) is 5.13. The normalized spacial score (nSPS) is 17.4. The van der Waals surface area contributed by atoms with E-state index in [1.54, 1.807) is 4.90 Å². The molecular weight excluding hydrogens is 411 g/mol. The van der Waals surface area contributed by atoms with Gasteiger partial charge in [-0.1, -0.05) is 0 Å². The number of nitrogens with zero attached hydrogens (tertiary/aromatic N) is 4. The first kappa shape index (κ1) is 21.4. The number of likely N-dealkylation sites (tertiary alicyclic amines) is 1. The molecule has 1 saturated heterocycles. The molecule has 0 spiro atoms. The third kappa shape index (κ3) is 4.81. The Bertz CT molecular complexity index is 848. The van der Waals surface area contributed by atoms with E-state index in [1.165, 1.54) is 12.1 Å². The highest BCUT2D eigenvalue weighted by Gasteiger charge is 2.32. The average molecular weight is 432 g/mol. The van der Waals surface area contributed by atoms with E-state index in [0.717, 1.165) is 56.3 Å². The highest BCUT2D eigenvalue weighted by Crippen LogP contribution is 2.29. The van der Waals surface area contributed by atoms with Crippen molar-refractivity contribution in [3.8, 4) is 5.75 Å². The number of carbonyl (C=O) groups excluding carboxylic acids is 1. The summed E-state index contributed by atoms with van der Waals surface area (Å²) in [4.78, 5) is 14.4. The molecule has 0 bridgehead atoms. The van der Waals surface area contributed by atoms with Crippen LogP contribution in [0.15, 0.2) is 24.3 Å². The van der Waals surface area contributed by atoms with Gasteiger partial charge in [0, 0.05) is 37.7 Å². The third-order valence-electron chi connectivity index (χ3n) is 5.13. The topological polar surface area (TPSA) is 72.3 Å². The van der Waals surface area contributed by atoms with Crippen LogP contribution in [0.1, 0.15) is 40.8 Å². The summed E-state index contributed by atoms with van der Waals surface area (Å²) in [5.41, 5.74) is 0.346. The molecule has 158 valence electrons. The molecule has 3 heterocycles. The molecule has 2 aromatic rings. The average Bonchev–Trinajstić information content (AvgIpc) is 3.11. The zero-order valence-electron chi connectivity index (χ0n) is 15.5. The van der Waals surface area contributed by atoms with Crippen molar-refractivity contribution in [3.05, 3.63) is 41.5 Å². The molecule has 0 saturated carbocycles. The molecule has 2 aliphatic heterocycles. The van der Waals surface area contributed by atoms with Crippen LogP contribution >= 0.6 is 12.4 Å². The van der Waals surface area contributed by atoms with Crippen LogP contribution < -0.4 is 10.1 Å². The standard InChI is InChI=1S/C18H20F3N5O2.ClH/c19-18(20,21)28-14-3-1-13(2-4-14)17(27)25-8-5-12(6-9-25)16-24-23-15-11-22-7-10-26(15)16;/h1-4,12,22H,5-11H2;1H. The summed E-state index contributed by atoms with van der Waals surface area (Å²) in [5.74, 6) is 1.66. The summed E-state index contributed by atoms with van der Waals surface area (Å²) in [5, 5.41) is 11.9. The van der Waals surface area contributed by atoms with Gasteiger partial charge in [-0.2, -0.15) is 0 Å². The molecule has 1 fully saturated rings. The summed E-state index contributed by atoms with van der Waals surface area (Å²) < 4.78 is 42.7. The van der Waals surface area contributed by atoms with Gasteiger partial charge in [-0.05, 0) is 37.1 Å². The van der Waals surface area contributed by atoms with Gasteiger partial charge in [0.1, 0.15) is 17.4 Å². The number of aromatic nitrogens is 3. The van der Waals surface area contributed by atoms with Gasteiger partial charge in [0.25, 0.3) is 5.91 Å². The lowest BCUT2D eigenvalue weighted by atomic mass is 9.95. The van der Waals surface area contributed by atoms with Crippen molar-refractivity contribution >= 4 is 18.3 Å². The van der Waals surface area contributed by atoms with Gasteiger partial charge in [0.05, 0.1) is 6.54 Å². The van der Waals surface area contributed by atoms with Crippen LogP contribution in [-0.4, -0.2) is 51.6 Å². The number of amides is 1. The molecule has 2 aliphatic rings. The Labute approximate surface area is 171 Å². The molecule has 0 atom stereocenters. The molecule has 0 unspecified atom stereocenters. The summed E-state index contributed by atoms with van der Waals surface area (Å²) >= 11 is 0. The van der Waals surface area contributed by atoms with Crippen molar-refractivity contribution in [2.24, 2.45) is 0 Å². The number of benzene rings is 1. The smallest absolute Gasteiger partial charge is 0.406 e. The first-order chi connectivity index (χ1) is 13.4. The number of alkyl halides is 3. The van der Waals surface area contributed by atoms with Crippen molar-refractivity contribution < 1.29 is 22.7 Å². The van der Waals surface area contributed by atoms with E-state index in [2.05, 4.69) is 24.8 Å². The molecule has 1 aromatic carbocycles. The van der Waals surface area contributed by atoms with Crippen LogP contribution in [0.4, 0.5) is 13.2 Å². The minimum Gasteiger partial charge on any atom is -0.406 e. The largest absolute Gasteiger partial charge is 0.573 e. The van der Waals surface area contributed by atoms with Crippen LogP contribution in [0, 0.1) is 0 Å². The highest BCUT2D eigenvalue weighted by atomic mass is 35.5. The van der Waals surface area contributed by atoms with Crippen molar-refractivity contribution in [3.63, 3.8) is 0 Å². The second-order valence-electron chi connectivity index (χ2n) is 6.94. The van der Waals surface area contributed by atoms with Gasteiger partial charge in [-0.3, -0.25) is 4.79 Å². The van der Waals surface area contributed by atoms with E-state index in [9.17, 15) is 18.0 Å². The number of fused-ring (bicyclic) bond motifs is 1. The fraction of sp³-hybridized carbons (Fsp3) is 0.500.